The number of nitrogens with zero attached hydrogens (tertiary/aromatic N) is 5. The molecule has 0 bridgehead atoms. The first-order valence-corrected chi connectivity index (χ1v) is 11.4. The van der Waals surface area contributed by atoms with E-state index in [1.807, 2.05) is 6.07 Å². The van der Waals surface area contributed by atoms with Gasteiger partial charge < -0.3 is 24.3 Å². The number of nitriles is 1. The lowest BCUT2D eigenvalue weighted by molar-refractivity contribution is -0.166. The fourth-order valence-electron chi connectivity index (χ4n) is 4.01. The minimum atomic E-state index is -1.18. The molecule has 3 heterocycles. The predicted octanol–water partition coefficient (Wildman–Crippen LogP) is 1.77. The van der Waals surface area contributed by atoms with Gasteiger partial charge in [0.1, 0.15) is 24.6 Å². The van der Waals surface area contributed by atoms with Crippen LogP contribution in [0.5, 0.6) is 0 Å². The summed E-state index contributed by atoms with van der Waals surface area (Å²) >= 11 is 0. The summed E-state index contributed by atoms with van der Waals surface area (Å²) in [5, 5.41) is 12.5. The van der Waals surface area contributed by atoms with E-state index < -0.39 is 48.3 Å². The number of hydrogen-bond donors (Lipinski definition) is 1. The number of carbonyl (C=O) groups excluding carboxylic acids is 3. The van der Waals surface area contributed by atoms with Gasteiger partial charge in [0.05, 0.1) is 6.33 Å². The molecule has 1 N–H and O–H groups in total. The van der Waals surface area contributed by atoms with Crippen molar-refractivity contribution in [2.24, 2.45) is 0 Å². The van der Waals surface area contributed by atoms with Crippen LogP contribution in [0, 0.1) is 17.1 Å². The van der Waals surface area contributed by atoms with Crippen LogP contribution in [0.4, 0.5) is 10.2 Å². The van der Waals surface area contributed by atoms with E-state index in [2.05, 4.69) is 20.3 Å². The van der Waals surface area contributed by atoms with Gasteiger partial charge in [-0.05, 0) is 6.07 Å². The van der Waals surface area contributed by atoms with Crippen LogP contribution in [0.1, 0.15) is 38.4 Å². The Morgan fingerprint density at radius 2 is 1.82 bits per heavy atom. The van der Waals surface area contributed by atoms with Crippen molar-refractivity contribution in [1.29, 1.82) is 5.26 Å². The second-order valence-electron chi connectivity index (χ2n) is 8.29. The van der Waals surface area contributed by atoms with Crippen molar-refractivity contribution in [2.75, 3.05) is 11.9 Å². The van der Waals surface area contributed by atoms with Crippen LogP contribution in [0.3, 0.4) is 0 Å². The lowest BCUT2D eigenvalue weighted by Crippen LogP contribution is -2.40. The number of anilines is 1. The average molecular weight is 526 g/mol. The average Bonchev–Trinajstić information content (AvgIpc) is 3.42. The standard InChI is InChI=1S/C24H23FN6O7/c1-12(32)35-10-17-20(36-13(2)33)21(37-14(3)34)24(38-17)31-11-28-19-22(29-18(8-26)30-23(19)31)27-9-15-6-4-5-7-16(15)25/h4-7,11,17,20-21,24H,9-10H2,1-3H3,(H,27,29,30)/t17-,20+,21+,24+/m0/s1. The monoisotopic (exact) mass is 526 g/mol. The van der Waals surface area contributed by atoms with Crippen molar-refractivity contribution in [3.63, 3.8) is 0 Å². The summed E-state index contributed by atoms with van der Waals surface area (Å²) < 4.78 is 37.4. The number of ether oxygens (including phenoxy) is 4. The number of fused-ring (bicyclic) bond motifs is 1. The van der Waals surface area contributed by atoms with Crippen molar-refractivity contribution in [3.8, 4) is 6.07 Å². The van der Waals surface area contributed by atoms with Crippen LogP contribution in [0.2, 0.25) is 0 Å². The molecule has 0 spiro atoms. The lowest BCUT2D eigenvalue weighted by Gasteiger charge is -2.23. The van der Waals surface area contributed by atoms with Gasteiger partial charge >= 0.3 is 17.9 Å². The van der Waals surface area contributed by atoms with Gasteiger partial charge in [-0.1, -0.05) is 18.2 Å². The summed E-state index contributed by atoms with van der Waals surface area (Å²) in [4.78, 5) is 47.9. The Bertz CT molecular complexity index is 1420. The third-order valence-electron chi connectivity index (χ3n) is 5.54. The molecule has 0 amide bonds. The van der Waals surface area contributed by atoms with Gasteiger partial charge in [0.2, 0.25) is 5.82 Å². The molecule has 0 unspecified atom stereocenters. The van der Waals surface area contributed by atoms with Crippen LogP contribution in [0.15, 0.2) is 30.6 Å². The molecule has 2 aromatic heterocycles. The molecule has 198 valence electrons. The minimum absolute atomic E-state index is 0.0471. The zero-order chi connectivity index (χ0) is 27.4. The molecule has 0 radical (unpaired) electrons. The lowest BCUT2D eigenvalue weighted by atomic mass is 10.1. The Hall–Kier alpha value is -4.64. The van der Waals surface area contributed by atoms with Gasteiger partial charge in [-0.25, -0.2) is 9.37 Å². The van der Waals surface area contributed by atoms with E-state index in [0.717, 1.165) is 0 Å². The van der Waals surface area contributed by atoms with Crippen molar-refractivity contribution < 1.29 is 37.7 Å². The minimum Gasteiger partial charge on any atom is -0.463 e. The highest BCUT2D eigenvalue weighted by molar-refractivity contribution is 5.83. The fourth-order valence-corrected chi connectivity index (χ4v) is 4.01. The van der Waals surface area contributed by atoms with Crippen LogP contribution in [-0.2, 0) is 39.9 Å². The molecule has 0 aliphatic carbocycles. The van der Waals surface area contributed by atoms with E-state index in [1.165, 1.54) is 37.7 Å². The summed E-state index contributed by atoms with van der Waals surface area (Å²) in [6, 6.07) is 8.03. The number of aromatic nitrogens is 4. The van der Waals surface area contributed by atoms with Crippen molar-refractivity contribution in [3.05, 3.63) is 47.8 Å². The molecule has 4 atom stereocenters. The van der Waals surface area contributed by atoms with Gasteiger partial charge in [0, 0.05) is 32.9 Å². The SMILES string of the molecule is CC(=O)OC[C@@H]1O[C@@H](n2cnc3c(NCc4ccccc4F)nc(C#N)nc32)[C@H](OC(C)=O)[C@@H]1OC(C)=O. The van der Waals surface area contributed by atoms with Crippen LogP contribution < -0.4 is 5.32 Å². The highest BCUT2D eigenvalue weighted by Crippen LogP contribution is 2.36. The van der Waals surface area contributed by atoms with Crippen molar-refractivity contribution in [2.45, 2.75) is 51.9 Å². The number of hydrogen-bond acceptors (Lipinski definition) is 12. The number of rotatable bonds is 8. The summed E-state index contributed by atoms with van der Waals surface area (Å²) in [5.41, 5.74) is 0.714. The number of esters is 3. The topological polar surface area (TPSA) is 168 Å². The molecule has 1 aromatic carbocycles. The zero-order valence-corrected chi connectivity index (χ0v) is 20.6. The molecular weight excluding hydrogens is 503 g/mol. The second-order valence-corrected chi connectivity index (χ2v) is 8.29. The van der Waals surface area contributed by atoms with E-state index in [-0.39, 0.29) is 36.0 Å². The number of benzene rings is 1. The van der Waals surface area contributed by atoms with E-state index in [0.29, 0.717) is 5.56 Å². The van der Waals surface area contributed by atoms with Crippen LogP contribution in [0.25, 0.3) is 11.2 Å². The molecule has 38 heavy (non-hydrogen) atoms. The number of carbonyl (C=O) groups is 3. The summed E-state index contributed by atoms with van der Waals surface area (Å²) in [6.45, 7) is 3.31. The Kier molecular flexibility index (Phi) is 7.77. The highest BCUT2D eigenvalue weighted by Gasteiger charge is 2.51. The molecule has 3 aromatic rings. The predicted molar refractivity (Wildman–Crippen MR) is 125 cm³/mol. The smallest absolute Gasteiger partial charge is 0.303 e. The van der Waals surface area contributed by atoms with Crippen LogP contribution >= 0.6 is 0 Å². The molecule has 1 aliphatic rings. The maximum absolute atomic E-state index is 14.1. The fraction of sp³-hybridized carbons (Fsp3) is 0.375. The molecule has 0 saturated carbocycles. The third-order valence-corrected chi connectivity index (χ3v) is 5.54. The second kappa shape index (κ2) is 11.2. The molecule has 4 rings (SSSR count). The summed E-state index contributed by atoms with van der Waals surface area (Å²) in [6.07, 6.45) is -3.10. The third kappa shape index (κ3) is 5.68. The molecule has 14 heteroatoms. The largest absolute Gasteiger partial charge is 0.463 e. The van der Waals surface area contributed by atoms with Crippen molar-refractivity contribution >= 4 is 34.9 Å². The van der Waals surface area contributed by atoms with Crippen molar-refractivity contribution in [1.82, 2.24) is 19.5 Å². The number of halogens is 1. The van der Waals surface area contributed by atoms with E-state index in [4.69, 9.17) is 18.9 Å². The van der Waals surface area contributed by atoms with Crippen LogP contribution in [-0.4, -0.2) is 62.3 Å². The quantitative estimate of drug-likeness (QED) is 0.334. The molecule has 1 fully saturated rings. The van der Waals surface area contributed by atoms with E-state index in [1.54, 1.807) is 18.2 Å². The summed E-state index contributed by atoms with van der Waals surface area (Å²) in [5.74, 6) is -2.43. The molecule has 1 aliphatic heterocycles. The van der Waals surface area contributed by atoms with E-state index in [9.17, 15) is 24.0 Å². The maximum Gasteiger partial charge on any atom is 0.303 e. The van der Waals surface area contributed by atoms with Gasteiger partial charge in [-0.2, -0.15) is 15.2 Å². The van der Waals surface area contributed by atoms with E-state index >= 15 is 0 Å². The normalized spacial score (nSPS) is 20.5. The Labute approximate surface area is 215 Å². The molecular formula is C24H23FN6O7. The summed E-state index contributed by atoms with van der Waals surface area (Å²) in [7, 11) is 0. The highest BCUT2D eigenvalue weighted by atomic mass is 19.1. The van der Waals surface area contributed by atoms with Gasteiger partial charge in [-0.3, -0.25) is 19.0 Å². The first-order valence-electron chi connectivity index (χ1n) is 11.4. The Balaban J connectivity index is 1.73. The molecule has 13 nitrogen and oxygen atoms in total. The van der Waals surface area contributed by atoms with Gasteiger partial charge in [-0.15, -0.1) is 0 Å². The number of nitrogens with one attached hydrogen (secondary N) is 1. The van der Waals surface area contributed by atoms with Gasteiger partial charge in [0.25, 0.3) is 0 Å². The Morgan fingerprint density at radius 3 is 2.47 bits per heavy atom. The molecule has 1 saturated heterocycles. The first kappa shape index (κ1) is 26.4. The van der Waals surface area contributed by atoms with Gasteiger partial charge in [0.15, 0.2) is 35.4 Å². The Morgan fingerprint density at radius 1 is 1.11 bits per heavy atom. The maximum atomic E-state index is 14.1. The number of imidazole rings is 1. The first-order chi connectivity index (χ1) is 18.2. The zero-order valence-electron chi connectivity index (χ0n) is 20.6.